The Kier molecular flexibility index (Phi) is 8.05. The van der Waals surface area contributed by atoms with Crippen LogP contribution in [0.5, 0.6) is 11.8 Å². The van der Waals surface area contributed by atoms with Gasteiger partial charge in [0.1, 0.15) is 5.75 Å². The molecule has 4 rings (SSSR count). The lowest BCUT2D eigenvalue weighted by molar-refractivity contribution is -0.138. The molecule has 34 heavy (non-hydrogen) atoms. The number of halogens is 3. The Labute approximate surface area is 193 Å². The van der Waals surface area contributed by atoms with E-state index in [9.17, 15) is 13.2 Å². The van der Waals surface area contributed by atoms with Crippen molar-refractivity contribution in [1.29, 1.82) is 0 Å². The topological polar surface area (TPSA) is 111 Å². The van der Waals surface area contributed by atoms with Crippen molar-refractivity contribution < 1.29 is 32.5 Å². The molecule has 2 aromatic heterocycles. The quantitative estimate of drug-likeness (QED) is 0.515. The summed E-state index contributed by atoms with van der Waals surface area (Å²) in [6.07, 6.45) is 1.93. The van der Waals surface area contributed by atoms with Gasteiger partial charge in [0.2, 0.25) is 0 Å². The first-order valence-corrected chi connectivity index (χ1v) is 10.4. The van der Waals surface area contributed by atoms with Gasteiger partial charge in [0.05, 0.1) is 32.0 Å². The highest BCUT2D eigenvalue weighted by Crippen LogP contribution is 2.42. The molecular formula is C22H24F3N5O4. The third-order valence-corrected chi connectivity index (χ3v) is 5.01. The minimum Gasteiger partial charge on any atom is -0.471 e. The van der Waals surface area contributed by atoms with Gasteiger partial charge >= 0.3 is 12.2 Å². The van der Waals surface area contributed by atoms with Crippen LogP contribution in [0.15, 0.2) is 36.9 Å². The number of aliphatic hydroxyl groups is 1. The van der Waals surface area contributed by atoms with E-state index < -0.39 is 11.7 Å². The van der Waals surface area contributed by atoms with Crippen LogP contribution in [0.4, 0.5) is 18.9 Å². The van der Waals surface area contributed by atoms with Crippen LogP contribution in [-0.4, -0.2) is 51.1 Å². The van der Waals surface area contributed by atoms with Crippen molar-refractivity contribution in [1.82, 2.24) is 19.7 Å². The zero-order valence-corrected chi connectivity index (χ0v) is 18.5. The maximum atomic E-state index is 12.8. The van der Waals surface area contributed by atoms with Crippen LogP contribution < -0.4 is 10.1 Å². The Bertz CT molecular complexity index is 1100. The van der Waals surface area contributed by atoms with Crippen LogP contribution in [0.3, 0.4) is 0 Å². The summed E-state index contributed by atoms with van der Waals surface area (Å²) in [5.74, 6) is 0.482. The minimum absolute atomic E-state index is 0.0458. The SMILES string of the molecule is COC=O.C[C@H]1CCc2c(ccc(-c3cnn(CCO)c3)c2Oc2ncc(C(F)(F)F)cn2)N1. The van der Waals surface area contributed by atoms with E-state index in [-0.39, 0.29) is 12.6 Å². The second-order valence-electron chi connectivity index (χ2n) is 7.45. The molecule has 12 heteroatoms. The Hall–Kier alpha value is -3.67. The number of carbonyl (C=O) groups is 1. The maximum absolute atomic E-state index is 12.8. The second kappa shape index (κ2) is 11.0. The molecule has 9 nitrogen and oxygen atoms in total. The first-order chi connectivity index (χ1) is 16.3. The normalized spacial score (nSPS) is 14.8. The Morgan fingerprint density at radius 1 is 1.26 bits per heavy atom. The number of benzene rings is 1. The lowest BCUT2D eigenvalue weighted by Crippen LogP contribution is -2.22. The summed E-state index contributed by atoms with van der Waals surface area (Å²) in [7, 11) is 1.31. The maximum Gasteiger partial charge on any atom is 0.419 e. The molecule has 0 bridgehead atoms. The monoisotopic (exact) mass is 479 g/mol. The van der Waals surface area contributed by atoms with Gasteiger partial charge in [-0.15, -0.1) is 0 Å². The number of hydrogen-bond donors (Lipinski definition) is 2. The number of fused-ring (bicyclic) bond motifs is 1. The van der Waals surface area contributed by atoms with E-state index in [2.05, 4.69) is 32.0 Å². The number of aromatic nitrogens is 4. The van der Waals surface area contributed by atoms with Gasteiger partial charge in [0, 0.05) is 47.0 Å². The summed E-state index contributed by atoms with van der Waals surface area (Å²) in [5, 5.41) is 16.7. The third kappa shape index (κ3) is 6.01. The highest BCUT2D eigenvalue weighted by Gasteiger charge is 2.31. The molecule has 0 amide bonds. The van der Waals surface area contributed by atoms with Gasteiger partial charge in [0.25, 0.3) is 6.47 Å². The average Bonchev–Trinajstić information content (AvgIpc) is 3.27. The van der Waals surface area contributed by atoms with Crippen molar-refractivity contribution in [2.45, 2.75) is 38.5 Å². The van der Waals surface area contributed by atoms with E-state index in [1.54, 1.807) is 17.1 Å². The van der Waals surface area contributed by atoms with Crippen LogP contribution in [0.1, 0.15) is 24.5 Å². The van der Waals surface area contributed by atoms with Crippen molar-refractivity contribution in [3.05, 3.63) is 48.0 Å². The molecule has 1 atom stereocenters. The average molecular weight is 479 g/mol. The van der Waals surface area contributed by atoms with Gasteiger partial charge in [-0.3, -0.25) is 9.48 Å². The van der Waals surface area contributed by atoms with Crippen LogP contribution in [0.2, 0.25) is 0 Å². The van der Waals surface area contributed by atoms with Crippen molar-refractivity contribution in [3.63, 3.8) is 0 Å². The molecule has 1 aliphatic rings. The number of alkyl halides is 3. The smallest absolute Gasteiger partial charge is 0.419 e. The highest BCUT2D eigenvalue weighted by molar-refractivity contribution is 5.77. The number of nitrogens with one attached hydrogen (secondary N) is 1. The van der Waals surface area contributed by atoms with Crippen LogP contribution >= 0.6 is 0 Å². The van der Waals surface area contributed by atoms with E-state index in [1.165, 1.54) is 7.11 Å². The lowest BCUT2D eigenvalue weighted by Gasteiger charge is -2.27. The number of hydrogen-bond acceptors (Lipinski definition) is 8. The number of ether oxygens (including phenoxy) is 2. The molecule has 0 fully saturated rings. The summed E-state index contributed by atoms with van der Waals surface area (Å²) in [6.45, 7) is 2.76. The third-order valence-electron chi connectivity index (χ3n) is 5.01. The van der Waals surface area contributed by atoms with E-state index in [1.807, 2.05) is 12.1 Å². The van der Waals surface area contributed by atoms with Gasteiger partial charge in [-0.25, -0.2) is 9.97 Å². The van der Waals surface area contributed by atoms with E-state index >= 15 is 0 Å². The lowest BCUT2D eigenvalue weighted by atomic mass is 9.94. The fourth-order valence-corrected chi connectivity index (χ4v) is 3.39. The molecule has 0 aliphatic carbocycles. The zero-order chi connectivity index (χ0) is 24.7. The molecule has 0 saturated carbocycles. The molecule has 0 spiro atoms. The Balaban J connectivity index is 0.000000751. The number of carbonyl (C=O) groups excluding carboxylic acids is 1. The molecule has 1 aromatic carbocycles. The summed E-state index contributed by atoms with van der Waals surface area (Å²) in [6, 6.07) is 3.94. The first kappa shape index (κ1) is 25.0. The van der Waals surface area contributed by atoms with Gasteiger partial charge in [-0.2, -0.15) is 18.3 Å². The number of rotatable bonds is 6. The van der Waals surface area contributed by atoms with E-state index in [0.29, 0.717) is 37.2 Å². The van der Waals surface area contributed by atoms with Crippen molar-refractivity contribution in [2.75, 3.05) is 19.0 Å². The number of methoxy groups -OCH3 is 1. The minimum atomic E-state index is -4.52. The second-order valence-corrected chi connectivity index (χ2v) is 7.45. The van der Waals surface area contributed by atoms with Gasteiger partial charge in [-0.1, -0.05) is 0 Å². The molecule has 1 aliphatic heterocycles. The molecule has 0 unspecified atom stereocenters. The zero-order valence-electron chi connectivity index (χ0n) is 18.5. The first-order valence-electron chi connectivity index (χ1n) is 10.4. The molecule has 0 radical (unpaired) electrons. The van der Waals surface area contributed by atoms with E-state index in [0.717, 1.165) is 35.2 Å². The molecular weight excluding hydrogens is 455 g/mol. The summed E-state index contributed by atoms with van der Waals surface area (Å²) in [4.78, 5) is 16.4. The predicted molar refractivity (Wildman–Crippen MR) is 116 cm³/mol. The largest absolute Gasteiger partial charge is 0.471 e. The van der Waals surface area contributed by atoms with Gasteiger partial charge in [-0.05, 0) is 31.9 Å². The summed E-state index contributed by atoms with van der Waals surface area (Å²) in [5.41, 5.74) is 2.35. The van der Waals surface area contributed by atoms with Gasteiger partial charge < -0.3 is 19.9 Å². The van der Waals surface area contributed by atoms with Crippen LogP contribution in [0.25, 0.3) is 11.1 Å². The van der Waals surface area contributed by atoms with Crippen molar-refractivity contribution in [3.8, 4) is 22.9 Å². The molecule has 3 aromatic rings. The summed E-state index contributed by atoms with van der Waals surface area (Å²) >= 11 is 0. The molecule has 2 N–H and O–H groups in total. The Morgan fingerprint density at radius 3 is 2.59 bits per heavy atom. The van der Waals surface area contributed by atoms with Crippen LogP contribution in [0, 0.1) is 0 Å². The fraction of sp³-hybridized carbons (Fsp3) is 0.364. The number of aliphatic hydroxyl groups excluding tert-OH is 1. The van der Waals surface area contributed by atoms with Crippen LogP contribution in [-0.2, 0) is 28.7 Å². The molecule has 182 valence electrons. The summed E-state index contributed by atoms with van der Waals surface area (Å²) < 4.78 is 49.8. The number of nitrogens with zero attached hydrogens (tertiary/aromatic N) is 4. The molecule has 0 saturated heterocycles. The fourth-order valence-electron chi connectivity index (χ4n) is 3.39. The highest BCUT2D eigenvalue weighted by atomic mass is 19.4. The van der Waals surface area contributed by atoms with E-state index in [4.69, 9.17) is 14.6 Å². The standard InChI is InChI=1S/C20H20F3N5O2.C2H4O2/c1-12-2-3-16-17(27-12)5-4-15(13-8-26-28(11-13)6-7-29)18(16)30-19-24-9-14(10-25-19)20(21,22)23;1-4-2-3/h4-5,8-12,27,29H,2-3,6-7H2,1H3;2H,1H3/t12-;/m0./s1. The van der Waals surface area contributed by atoms with Gasteiger partial charge in [0.15, 0.2) is 0 Å². The van der Waals surface area contributed by atoms with Crippen molar-refractivity contribution in [2.24, 2.45) is 0 Å². The predicted octanol–water partition coefficient (Wildman–Crippen LogP) is 3.68. The molecule has 3 heterocycles. The van der Waals surface area contributed by atoms with Crippen molar-refractivity contribution >= 4 is 12.2 Å². The number of anilines is 1. The Morgan fingerprint density at radius 2 is 1.97 bits per heavy atom.